The van der Waals surface area contributed by atoms with Crippen LogP contribution in [-0.4, -0.2) is 22.9 Å². The van der Waals surface area contributed by atoms with Crippen LogP contribution in [0.25, 0.3) is 0 Å². The van der Waals surface area contributed by atoms with E-state index < -0.39 is 35.1 Å². The molecular weight excluding hydrogens is 279 g/mol. The van der Waals surface area contributed by atoms with Gasteiger partial charge < -0.3 is 5.11 Å². The minimum absolute atomic E-state index is 0.331. The molecule has 0 saturated heterocycles. The van der Waals surface area contributed by atoms with Crippen LogP contribution in [0.15, 0.2) is 30.4 Å². The molecule has 0 atom stereocenters. The molecule has 0 radical (unpaired) electrons. The second-order valence-corrected chi connectivity index (χ2v) is 3.88. The molecule has 0 unspecified atom stereocenters. The average molecular weight is 285 g/mol. The molecule has 0 spiro atoms. The van der Waals surface area contributed by atoms with Gasteiger partial charge in [0.25, 0.3) is 11.8 Å². The van der Waals surface area contributed by atoms with Crippen LogP contribution in [0.5, 0.6) is 0 Å². The van der Waals surface area contributed by atoms with Gasteiger partial charge in [-0.15, -0.1) is 0 Å². The Morgan fingerprint density at radius 1 is 1.10 bits per heavy atom. The van der Waals surface area contributed by atoms with Gasteiger partial charge in [0.05, 0.1) is 16.8 Å². The van der Waals surface area contributed by atoms with Crippen LogP contribution in [0.1, 0.15) is 15.9 Å². The fourth-order valence-corrected chi connectivity index (χ4v) is 1.75. The monoisotopic (exact) mass is 285 g/mol. The maximum absolute atomic E-state index is 12.8. The number of carbonyl (C=O) groups is 3. The summed E-state index contributed by atoms with van der Waals surface area (Å²) in [6.45, 7) is 0. The molecule has 2 rings (SSSR count). The summed E-state index contributed by atoms with van der Waals surface area (Å²) in [5, 5.41) is 8.73. The van der Waals surface area contributed by atoms with E-state index in [2.05, 4.69) is 0 Å². The highest BCUT2D eigenvalue weighted by Crippen LogP contribution is 2.35. The summed E-state index contributed by atoms with van der Waals surface area (Å²) in [6, 6.07) is 2.15. The molecule has 104 valence electrons. The van der Waals surface area contributed by atoms with Gasteiger partial charge in [-0.1, -0.05) is 0 Å². The van der Waals surface area contributed by atoms with Gasteiger partial charge in [0, 0.05) is 12.2 Å². The number of carboxylic acid groups (broad SMARTS) is 1. The van der Waals surface area contributed by atoms with E-state index in [0.29, 0.717) is 17.0 Å². The third-order valence-electron chi connectivity index (χ3n) is 2.61. The topological polar surface area (TPSA) is 74.7 Å². The van der Waals surface area contributed by atoms with E-state index in [9.17, 15) is 27.6 Å². The lowest BCUT2D eigenvalue weighted by molar-refractivity contribution is -0.138. The number of carboxylic acids is 1. The Labute approximate surface area is 109 Å². The maximum Gasteiger partial charge on any atom is 0.417 e. The number of benzene rings is 1. The smallest absolute Gasteiger partial charge is 0.417 e. The zero-order valence-electron chi connectivity index (χ0n) is 9.64. The normalized spacial score (nSPS) is 15.1. The van der Waals surface area contributed by atoms with Gasteiger partial charge in [0.15, 0.2) is 0 Å². The van der Waals surface area contributed by atoms with Crippen molar-refractivity contribution in [2.45, 2.75) is 6.18 Å². The number of halogens is 3. The van der Waals surface area contributed by atoms with E-state index >= 15 is 0 Å². The summed E-state index contributed by atoms with van der Waals surface area (Å²) < 4.78 is 38.4. The Morgan fingerprint density at radius 3 is 2.10 bits per heavy atom. The molecule has 20 heavy (non-hydrogen) atoms. The van der Waals surface area contributed by atoms with Crippen molar-refractivity contribution in [2.24, 2.45) is 0 Å². The SMILES string of the molecule is O=C(O)c1ccc(N2C(=O)C=CC2=O)cc1C(F)(F)F. The zero-order valence-corrected chi connectivity index (χ0v) is 9.64. The molecule has 0 aromatic heterocycles. The quantitative estimate of drug-likeness (QED) is 0.841. The third kappa shape index (κ3) is 2.27. The molecule has 1 aliphatic heterocycles. The number of hydrogen-bond acceptors (Lipinski definition) is 3. The Hall–Kier alpha value is -2.64. The first-order chi connectivity index (χ1) is 9.21. The highest BCUT2D eigenvalue weighted by molar-refractivity contribution is 6.28. The van der Waals surface area contributed by atoms with Gasteiger partial charge in [-0.05, 0) is 18.2 Å². The number of carbonyl (C=O) groups excluding carboxylic acids is 2. The van der Waals surface area contributed by atoms with E-state index in [0.717, 1.165) is 18.2 Å². The molecule has 5 nitrogen and oxygen atoms in total. The number of hydrogen-bond donors (Lipinski definition) is 1. The lowest BCUT2D eigenvalue weighted by atomic mass is 10.1. The minimum atomic E-state index is -4.91. The van der Waals surface area contributed by atoms with E-state index in [1.165, 1.54) is 0 Å². The molecule has 0 fully saturated rings. The minimum Gasteiger partial charge on any atom is -0.478 e. The van der Waals surface area contributed by atoms with Crippen molar-refractivity contribution in [3.8, 4) is 0 Å². The maximum atomic E-state index is 12.8. The first kappa shape index (κ1) is 13.8. The number of alkyl halides is 3. The molecule has 0 saturated carbocycles. The molecule has 2 amide bonds. The van der Waals surface area contributed by atoms with Crippen molar-refractivity contribution >= 4 is 23.5 Å². The van der Waals surface area contributed by atoms with Crippen molar-refractivity contribution in [1.29, 1.82) is 0 Å². The van der Waals surface area contributed by atoms with Crippen molar-refractivity contribution in [1.82, 2.24) is 0 Å². The lowest BCUT2D eigenvalue weighted by Gasteiger charge is -2.17. The Balaban J connectivity index is 2.56. The summed E-state index contributed by atoms with van der Waals surface area (Å²) in [5.41, 5.74) is -2.70. The fraction of sp³-hybridized carbons (Fsp3) is 0.0833. The van der Waals surface area contributed by atoms with E-state index in [1.54, 1.807) is 0 Å². The standard InChI is InChI=1S/C12H6F3NO4/c13-12(14,15)8-5-6(1-2-7(8)11(19)20)16-9(17)3-4-10(16)18/h1-5H,(H,19,20). The predicted octanol–water partition coefficient (Wildman–Crippen LogP) is 1.83. The Bertz CT molecular complexity index is 631. The van der Waals surface area contributed by atoms with E-state index in [-0.39, 0.29) is 5.69 Å². The number of anilines is 1. The summed E-state index contributed by atoms with van der Waals surface area (Å²) in [5.74, 6) is -3.32. The van der Waals surface area contributed by atoms with Crippen LogP contribution >= 0.6 is 0 Å². The fourth-order valence-electron chi connectivity index (χ4n) is 1.75. The van der Waals surface area contributed by atoms with Crippen LogP contribution in [0, 0.1) is 0 Å². The highest BCUT2D eigenvalue weighted by Gasteiger charge is 2.37. The first-order valence-electron chi connectivity index (χ1n) is 5.22. The third-order valence-corrected chi connectivity index (χ3v) is 2.61. The van der Waals surface area contributed by atoms with Gasteiger partial charge in [-0.3, -0.25) is 9.59 Å². The number of amides is 2. The van der Waals surface area contributed by atoms with E-state index in [4.69, 9.17) is 5.11 Å². The second-order valence-electron chi connectivity index (χ2n) is 3.88. The highest BCUT2D eigenvalue weighted by atomic mass is 19.4. The van der Waals surface area contributed by atoms with Crippen molar-refractivity contribution < 1.29 is 32.7 Å². The summed E-state index contributed by atoms with van der Waals surface area (Å²) in [7, 11) is 0. The molecule has 0 bridgehead atoms. The van der Waals surface area contributed by atoms with Crippen molar-refractivity contribution in [3.05, 3.63) is 41.5 Å². The molecule has 1 aromatic rings. The molecule has 8 heteroatoms. The van der Waals surface area contributed by atoms with Crippen molar-refractivity contribution in [2.75, 3.05) is 4.90 Å². The lowest BCUT2D eigenvalue weighted by Crippen LogP contribution is -2.30. The van der Waals surface area contributed by atoms with Gasteiger partial charge in [0.1, 0.15) is 0 Å². The number of nitrogens with zero attached hydrogens (tertiary/aromatic N) is 1. The summed E-state index contributed by atoms with van der Waals surface area (Å²) >= 11 is 0. The van der Waals surface area contributed by atoms with Crippen LogP contribution in [-0.2, 0) is 15.8 Å². The van der Waals surface area contributed by atoms with Gasteiger partial charge in [-0.25, -0.2) is 9.69 Å². The molecular formula is C12H6F3NO4. The molecule has 1 N–H and O–H groups in total. The number of rotatable bonds is 2. The second kappa shape index (κ2) is 4.48. The van der Waals surface area contributed by atoms with Gasteiger partial charge in [0.2, 0.25) is 0 Å². The van der Waals surface area contributed by atoms with Gasteiger partial charge >= 0.3 is 12.1 Å². The first-order valence-corrected chi connectivity index (χ1v) is 5.22. The predicted molar refractivity (Wildman–Crippen MR) is 60.0 cm³/mol. The van der Waals surface area contributed by atoms with Crippen LogP contribution in [0.2, 0.25) is 0 Å². The van der Waals surface area contributed by atoms with Crippen molar-refractivity contribution in [3.63, 3.8) is 0 Å². The Morgan fingerprint density at radius 2 is 1.65 bits per heavy atom. The Kier molecular flexibility index (Phi) is 3.09. The number of aromatic carboxylic acids is 1. The zero-order chi connectivity index (χ0) is 15.1. The molecule has 1 heterocycles. The summed E-state index contributed by atoms with van der Waals surface area (Å²) in [6.07, 6.45) is -3.08. The average Bonchev–Trinajstić information content (AvgIpc) is 2.67. The summed E-state index contributed by atoms with van der Waals surface area (Å²) in [4.78, 5) is 34.1. The van der Waals surface area contributed by atoms with E-state index in [1.807, 2.05) is 0 Å². The molecule has 1 aliphatic rings. The van der Waals surface area contributed by atoms with Crippen LogP contribution in [0.4, 0.5) is 18.9 Å². The molecule has 1 aromatic carbocycles. The number of imide groups is 1. The van der Waals surface area contributed by atoms with Crippen LogP contribution < -0.4 is 4.90 Å². The van der Waals surface area contributed by atoms with Crippen LogP contribution in [0.3, 0.4) is 0 Å². The largest absolute Gasteiger partial charge is 0.478 e. The van der Waals surface area contributed by atoms with Gasteiger partial charge in [-0.2, -0.15) is 13.2 Å². The molecule has 0 aliphatic carbocycles.